The monoisotopic (exact) mass is 496 g/mol. The number of sulfonamides is 1. The van der Waals surface area contributed by atoms with Gasteiger partial charge in [-0.3, -0.25) is 15.1 Å². The fourth-order valence-corrected chi connectivity index (χ4v) is 5.50. The van der Waals surface area contributed by atoms with Crippen LogP contribution >= 0.6 is 0 Å². The molecule has 0 radical (unpaired) electrons. The number of benzene rings is 2. The number of likely N-dealkylation sites (tertiary alicyclic amines) is 1. The summed E-state index contributed by atoms with van der Waals surface area (Å²) in [6.45, 7) is 3.03. The van der Waals surface area contributed by atoms with E-state index in [1.807, 2.05) is 18.5 Å². The summed E-state index contributed by atoms with van der Waals surface area (Å²) >= 11 is 0. The first kappa shape index (κ1) is 23.5. The maximum Gasteiger partial charge on any atom is 0.261 e. The topological polar surface area (TPSA) is 124 Å². The average Bonchev–Trinajstić information content (AvgIpc) is 3.68. The van der Waals surface area contributed by atoms with Gasteiger partial charge in [-0.15, -0.1) is 0 Å². The van der Waals surface area contributed by atoms with Gasteiger partial charge < -0.3 is 20.3 Å². The van der Waals surface area contributed by atoms with Crippen molar-refractivity contribution in [3.05, 3.63) is 53.6 Å². The molecule has 0 atom stereocenters. The zero-order valence-corrected chi connectivity index (χ0v) is 20.5. The van der Waals surface area contributed by atoms with E-state index in [0.29, 0.717) is 30.6 Å². The van der Waals surface area contributed by atoms with Gasteiger partial charge in [0.1, 0.15) is 11.9 Å². The van der Waals surface area contributed by atoms with Gasteiger partial charge in [0, 0.05) is 44.7 Å². The summed E-state index contributed by atoms with van der Waals surface area (Å²) < 4.78 is 34.7. The number of hydrogen-bond donors (Lipinski definition) is 3. The van der Waals surface area contributed by atoms with Crippen molar-refractivity contribution < 1.29 is 13.2 Å². The predicted molar refractivity (Wildman–Crippen MR) is 136 cm³/mol. The Bertz CT molecular complexity index is 1200. The SMILES string of the molecule is N=C(N)N1CCc2ccc(NS(=O)(=O)c3ccc(OC4CCN(C=NC5CC5)CC4)cc3)cc2C1. The molecule has 3 aliphatic rings. The molecule has 0 spiro atoms. The lowest BCUT2D eigenvalue weighted by Gasteiger charge is -2.30. The average molecular weight is 497 g/mol. The van der Waals surface area contributed by atoms with Crippen LogP contribution in [-0.4, -0.2) is 62.3 Å². The zero-order chi connectivity index (χ0) is 24.4. The lowest BCUT2D eigenvalue weighted by molar-refractivity contribution is 0.132. The summed E-state index contributed by atoms with van der Waals surface area (Å²) in [4.78, 5) is 8.74. The van der Waals surface area contributed by atoms with E-state index in [1.54, 1.807) is 35.2 Å². The van der Waals surface area contributed by atoms with Crippen LogP contribution in [0.15, 0.2) is 52.4 Å². The normalized spacial score (nSPS) is 19.0. The summed E-state index contributed by atoms with van der Waals surface area (Å²) in [6.07, 6.45) is 7.13. The van der Waals surface area contributed by atoms with E-state index in [-0.39, 0.29) is 17.0 Å². The molecule has 2 heterocycles. The minimum Gasteiger partial charge on any atom is -0.490 e. The molecule has 1 aliphatic carbocycles. The van der Waals surface area contributed by atoms with Crippen LogP contribution in [0.25, 0.3) is 0 Å². The number of nitrogens with zero attached hydrogens (tertiary/aromatic N) is 3. The summed E-state index contributed by atoms with van der Waals surface area (Å²) in [5.41, 5.74) is 8.23. The first-order valence-electron chi connectivity index (χ1n) is 12.1. The third-order valence-corrected chi connectivity index (χ3v) is 8.11. The lowest BCUT2D eigenvalue weighted by atomic mass is 9.99. The Morgan fingerprint density at radius 2 is 1.80 bits per heavy atom. The van der Waals surface area contributed by atoms with Gasteiger partial charge in [0.05, 0.1) is 17.3 Å². The number of anilines is 1. The Morgan fingerprint density at radius 1 is 1.06 bits per heavy atom. The molecule has 2 aromatic carbocycles. The minimum atomic E-state index is -3.74. The smallest absolute Gasteiger partial charge is 0.261 e. The number of fused-ring (bicyclic) bond motifs is 1. The predicted octanol–water partition coefficient (Wildman–Crippen LogP) is 2.77. The second-order valence-electron chi connectivity index (χ2n) is 9.47. The molecule has 2 aromatic rings. The molecule has 9 nitrogen and oxygen atoms in total. The molecule has 35 heavy (non-hydrogen) atoms. The van der Waals surface area contributed by atoms with Crippen molar-refractivity contribution in [2.24, 2.45) is 10.7 Å². The Balaban J connectivity index is 1.17. The molecular formula is C25H32N6O3S. The quantitative estimate of drug-likeness (QED) is 0.400. The molecule has 2 fully saturated rings. The minimum absolute atomic E-state index is 0.0249. The Hall–Kier alpha value is -3.27. The van der Waals surface area contributed by atoms with Gasteiger partial charge in [0.15, 0.2) is 5.96 Å². The van der Waals surface area contributed by atoms with E-state index in [0.717, 1.165) is 43.5 Å². The van der Waals surface area contributed by atoms with Crippen LogP contribution in [0.3, 0.4) is 0 Å². The first-order chi connectivity index (χ1) is 16.9. The Kier molecular flexibility index (Phi) is 6.55. The molecule has 186 valence electrons. The second-order valence-corrected chi connectivity index (χ2v) is 11.1. The summed E-state index contributed by atoms with van der Waals surface area (Å²) in [5.74, 6) is 0.698. The van der Waals surface area contributed by atoms with Gasteiger partial charge in [0.25, 0.3) is 10.0 Å². The molecule has 4 N–H and O–H groups in total. The van der Waals surface area contributed by atoms with Crippen molar-refractivity contribution in [3.8, 4) is 5.75 Å². The zero-order valence-electron chi connectivity index (χ0n) is 19.7. The summed E-state index contributed by atoms with van der Waals surface area (Å²) in [7, 11) is -3.74. The van der Waals surface area contributed by atoms with Crippen molar-refractivity contribution >= 4 is 28.0 Å². The largest absolute Gasteiger partial charge is 0.490 e. The number of ether oxygens (including phenoxy) is 1. The molecule has 0 aromatic heterocycles. The molecule has 1 saturated carbocycles. The van der Waals surface area contributed by atoms with Gasteiger partial charge in [0.2, 0.25) is 0 Å². The number of hydrogen-bond acceptors (Lipinski definition) is 5. The highest BCUT2D eigenvalue weighted by atomic mass is 32.2. The van der Waals surface area contributed by atoms with Gasteiger partial charge in [-0.25, -0.2) is 8.42 Å². The van der Waals surface area contributed by atoms with Gasteiger partial charge in [-0.05, 0) is 66.8 Å². The highest BCUT2D eigenvalue weighted by molar-refractivity contribution is 7.92. The van der Waals surface area contributed by atoms with Crippen molar-refractivity contribution in [3.63, 3.8) is 0 Å². The van der Waals surface area contributed by atoms with Crippen molar-refractivity contribution in [2.45, 2.75) is 55.7 Å². The number of guanidine groups is 1. The maximum absolute atomic E-state index is 13.0. The molecule has 10 heteroatoms. The van der Waals surface area contributed by atoms with E-state index in [9.17, 15) is 8.42 Å². The third-order valence-electron chi connectivity index (χ3n) is 6.71. The number of rotatable bonds is 7. The van der Waals surface area contributed by atoms with Crippen LogP contribution in [0.5, 0.6) is 5.75 Å². The number of piperidine rings is 1. The Morgan fingerprint density at radius 3 is 2.49 bits per heavy atom. The Labute approximate surface area is 206 Å². The standard InChI is InChI=1S/C25H32N6O3S/c26-25(27)31-14-9-18-1-2-21(15-19(18)16-31)29-35(32,33)24-7-5-22(6-8-24)34-23-10-12-30(13-11-23)17-28-20-3-4-20/h1-2,5-8,15,17,20,23,29H,3-4,9-14,16H2,(H3,26,27). The van der Waals surface area contributed by atoms with Crippen molar-refractivity contribution in [1.29, 1.82) is 5.41 Å². The van der Waals surface area contributed by atoms with Crippen LogP contribution in [0.2, 0.25) is 0 Å². The summed E-state index contributed by atoms with van der Waals surface area (Å²) in [6, 6.07) is 12.7. The highest BCUT2D eigenvalue weighted by Gasteiger charge is 2.23. The second kappa shape index (κ2) is 9.77. The first-order valence-corrected chi connectivity index (χ1v) is 13.6. The highest BCUT2D eigenvalue weighted by Crippen LogP contribution is 2.26. The maximum atomic E-state index is 13.0. The third kappa shape index (κ3) is 5.87. The molecule has 2 aliphatic heterocycles. The van der Waals surface area contributed by atoms with E-state index < -0.39 is 10.0 Å². The van der Waals surface area contributed by atoms with Crippen molar-refractivity contribution in [2.75, 3.05) is 24.4 Å². The fourth-order valence-electron chi connectivity index (χ4n) is 4.45. The van der Waals surface area contributed by atoms with Gasteiger partial charge in [-0.1, -0.05) is 6.07 Å². The molecular weight excluding hydrogens is 464 g/mol. The van der Waals surface area contributed by atoms with Crippen LogP contribution in [0.4, 0.5) is 5.69 Å². The van der Waals surface area contributed by atoms with E-state index in [2.05, 4.69) is 14.6 Å². The number of aliphatic imine (C=N–C) groups is 1. The molecule has 0 amide bonds. The van der Waals surface area contributed by atoms with Crippen LogP contribution in [0, 0.1) is 5.41 Å². The van der Waals surface area contributed by atoms with E-state index in [1.165, 1.54) is 12.8 Å². The fraction of sp³-hybridized carbons (Fsp3) is 0.440. The van der Waals surface area contributed by atoms with Gasteiger partial charge in [-0.2, -0.15) is 0 Å². The van der Waals surface area contributed by atoms with Crippen molar-refractivity contribution in [1.82, 2.24) is 9.80 Å². The van der Waals surface area contributed by atoms with Gasteiger partial charge >= 0.3 is 0 Å². The van der Waals surface area contributed by atoms with Crippen LogP contribution in [0.1, 0.15) is 36.8 Å². The van der Waals surface area contributed by atoms with Crippen LogP contribution in [-0.2, 0) is 23.0 Å². The molecule has 0 unspecified atom stereocenters. The van der Waals surface area contributed by atoms with E-state index >= 15 is 0 Å². The lowest BCUT2D eigenvalue weighted by Crippen LogP contribution is -2.40. The van der Waals surface area contributed by atoms with E-state index in [4.69, 9.17) is 15.9 Å². The number of nitrogens with two attached hydrogens (primary N) is 1. The molecule has 5 rings (SSSR count). The molecule has 1 saturated heterocycles. The molecule has 0 bridgehead atoms. The number of nitrogens with one attached hydrogen (secondary N) is 2. The van der Waals surface area contributed by atoms with Crippen LogP contribution < -0.4 is 15.2 Å². The summed E-state index contributed by atoms with van der Waals surface area (Å²) in [5, 5.41) is 7.66.